The molecule has 0 spiro atoms. The van der Waals surface area contributed by atoms with E-state index in [4.69, 9.17) is 5.73 Å². The second kappa shape index (κ2) is 5.75. The van der Waals surface area contributed by atoms with Gasteiger partial charge in [-0.05, 0) is 24.6 Å². The largest absolute Gasteiger partial charge is 0.398 e. The summed E-state index contributed by atoms with van der Waals surface area (Å²) in [7, 11) is 0. The number of hydrogen-bond donors (Lipinski definition) is 1. The van der Waals surface area contributed by atoms with E-state index >= 15 is 0 Å². The molecule has 0 saturated heterocycles. The van der Waals surface area contributed by atoms with Gasteiger partial charge in [0.25, 0.3) is 0 Å². The van der Waals surface area contributed by atoms with Crippen molar-refractivity contribution in [2.75, 3.05) is 5.73 Å². The Morgan fingerprint density at radius 2 is 1.92 bits per heavy atom. The second-order valence-corrected chi connectivity index (χ2v) is 3.26. The Labute approximate surface area is 87.3 Å². The molecule has 0 bridgehead atoms. The predicted molar refractivity (Wildman–Crippen MR) is 60.0 cm³/mol. The Bertz CT molecular complexity index is 274. The number of anilines is 1. The van der Waals surface area contributed by atoms with E-state index in [2.05, 4.69) is 15.9 Å². The van der Waals surface area contributed by atoms with Gasteiger partial charge < -0.3 is 5.73 Å². The van der Waals surface area contributed by atoms with Gasteiger partial charge in [-0.1, -0.05) is 29.8 Å². The Balaban J connectivity index is 0.000000671. The summed E-state index contributed by atoms with van der Waals surface area (Å²) in [6.45, 7) is 5.85. The highest BCUT2D eigenvalue weighted by Gasteiger charge is 2.02. The van der Waals surface area contributed by atoms with Gasteiger partial charge in [0.15, 0.2) is 6.29 Å². The minimum absolute atomic E-state index is 0.520. The van der Waals surface area contributed by atoms with E-state index in [1.54, 1.807) is 6.07 Å². The van der Waals surface area contributed by atoms with Crippen molar-refractivity contribution in [3.8, 4) is 0 Å². The van der Waals surface area contributed by atoms with Gasteiger partial charge in [0.2, 0.25) is 0 Å². The van der Waals surface area contributed by atoms with Crippen LogP contribution in [0.2, 0.25) is 0 Å². The first-order valence-corrected chi connectivity index (χ1v) is 4.95. The normalized spacial score (nSPS) is 8.62. The Morgan fingerprint density at radius 3 is 2.31 bits per heavy atom. The van der Waals surface area contributed by atoms with Gasteiger partial charge in [-0.3, -0.25) is 4.79 Å². The molecule has 13 heavy (non-hydrogen) atoms. The fraction of sp³-hybridized carbons (Fsp3) is 0.300. The van der Waals surface area contributed by atoms with E-state index in [1.165, 1.54) is 0 Å². The molecule has 0 aliphatic carbocycles. The maximum Gasteiger partial charge on any atom is 0.152 e. The SMILES string of the molecule is CC.Cc1cc(Br)cc(N)c1C=O. The maximum absolute atomic E-state index is 10.5. The summed E-state index contributed by atoms with van der Waals surface area (Å²) in [5.74, 6) is 0. The van der Waals surface area contributed by atoms with E-state index in [-0.39, 0.29) is 0 Å². The summed E-state index contributed by atoms with van der Waals surface area (Å²) in [6.07, 6.45) is 0.775. The third kappa shape index (κ3) is 3.19. The topological polar surface area (TPSA) is 43.1 Å². The Hall–Kier alpha value is -0.830. The van der Waals surface area contributed by atoms with E-state index in [9.17, 15) is 4.79 Å². The number of rotatable bonds is 1. The average molecular weight is 244 g/mol. The van der Waals surface area contributed by atoms with E-state index in [0.717, 1.165) is 16.3 Å². The van der Waals surface area contributed by atoms with Crippen LogP contribution in [0, 0.1) is 6.92 Å². The lowest BCUT2D eigenvalue weighted by atomic mass is 10.1. The molecule has 0 aliphatic rings. The Morgan fingerprint density at radius 1 is 1.38 bits per heavy atom. The molecule has 0 saturated carbocycles. The minimum atomic E-state index is 0.520. The van der Waals surface area contributed by atoms with Crippen LogP contribution in [-0.4, -0.2) is 6.29 Å². The van der Waals surface area contributed by atoms with Crippen molar-refractivity contribution < 1.29 is 4.79 Å². The number of nitrogens with two attached hydrogens (primary N) is 1. The molecule has 1 rings (SSSR count). The summed E-state index contributed by atoms with van der Waals surface area (Å²) in [6, 6.07) is 3.58. The molecule has 0 atom stereocenters. The molecular formula is C10H14BrNO. The first-order valence-electron chi connectivity index (χ1n) is 4.16. The zero-order valence-corrected chi connectivity index (χ0v) is 9.68. The van der Waals surface area contributed by atoms with Gasteiger partial charge >= 0.3 is 0 Å². The van der Waals surface area contributed by atoms with Gasteiger partial charge in [0, 0.05) is 15.7 Å². The molecule has 1 aromatic carbocycles. The first kappa shape index (κ1) is 12.2. The van der Waals surface area contributed by atoms with Crippen LogP contribution < -0.4 is 5.73 Å². The van der Waals surface area contributed by atoms with Crippen LogP contribution in [-0.2, 0) is 0 Å². The van der Waals surface area contributed by atoms with E-state index in [1.807, 2.05) is 26.8 Å². The summed E-state index contributed by atoms with van der Waals surface area (Å²) >= 11 is 3.28. The van der Waals surface area contributed by atoms with Gasteiger partial charge in [-0.15, -0.1) is 0 Å². The van der Waals surface area contributed by atoms with Crippen molar-refractivity contribution in [1.82, 2.24) is 0 Å². The molecule has 2 N–H and O–H groups in total. The average Bonchev–Trinajstić information content (AvgIpc) is 2.07. The standard InChI is InChI=1S/C8H8BrNO.C2H6/c1-5-2-6(9)3-8(10)7(5)4-11;1-2/h2-4H,10H2,1H3;1-2H3. The lowest BCUT2D eigenvalue weighted by molar-refractivity contribution is 0.112. The summed E-state index contributed by atoms with van der Waals surface area (Å²) in [4.78, 5) is 10.5. The van der Waals surface area contributed by atoms with Crippen molar-refractivity contribution in [3.63, 3.8) is 0 Å². The van der Waals surface area contributed by atoms with Crippen LogP contribution in [0.4, 0.5) is 5.69 Å². The van der Waals surface area contributed by atoms with Gasteiger partial charge in [0.05, 0.1) is 0 Å². The monoisotopic (exact) mass is 243 g/mol. The minimum Gasteiger partial charge on any atom is -0.398 e. The second-order valence-electron chi connectivity index (χ2n) is 2.34. The Kier molecular flexibility index (Phi) is 5.39. The summed E-state index contributed by atoms with van der Waals surface area (Å²) < 4.78 is 0.901. The van der Waals surface area contributed by atoms with E-state index in [0.29, 0.717) is 11.3 Å². The lowest BCUT2D eigenvalue weighted by Gasteiger charge is -2.02. The lowest BCUT2D eigenvalue weighted by Crippen LogP contribution is -1.95. The molecular weight excluding hydrogens is 230 g/mol. The molecule has 72 valence electrons. The molecule has 0 radical (unpaired) electrons. The zero-order valence-electron chi connectivity index (χ0n) is 8.10. The van der Waals surface area contributed by atoms with Crippen LogP contribution in [0.15, 0.2) is 16.6 Å². The molecule has 2 nitrogen and oxygen atoms in total. The van der Waals surface area contributed by atoms with Crippen LogP contribution >= 0.6 is 15.9 Å². The van der Waals surface area contributed by atoms with E-state index < -0.39 is 0 Å². The zero-order chi connectivity index (χ0) is 10.4. The molecule has 0 aromatic heterocycles. The van der Waals surface area contributed by atoms with Crippen molar-refractivity contribution in [2.45, 2.75) is 20.8 Å². The number of carbonyl (C=O) groups excluding carboxylic acids is 1. The van der Waals surface area contributed by atoms with Crippen molar-refractivity contribution in [3.05, 3.63) is 27.7 Å². The molecule has 0 unspecified atom stereocenters. The molecule has 1 aromatic rings. The smallest absolute Gasteiger partial charge is 0.152 e. The number of nitrogen functional groups attached to an aromatic ring is 1. The highest BCUT2D eigenvalue weighted by atomic mass is 79.9. The van der Waals surface area contributed by atoms with Crippen LogP contribution in [0.25, 0.3) is 0 Å². The molecule has 0 aliphatic heterocycles. The molecule has 0 fully saturated rings. The van der Waals surface area contributed by atoms with Gasteiger partial charge in [-0.25, -0.2) is 0 Å². The molecule has 0 heterocycles. The highest BCUT2D eigenvalue weighted by molar-refractivity contribution is 9.10. The fourth-order valence-corrected chi connectivity index (χ4v) is 1.53. The molecule has 0 amide bonds. The number of benzene rings is 1. The van der Waals surface area contributed by atoms with Gasteiger partial charge in [0.1, 0.15) is 0 Å². The first-order chi connectivity index (χ1) is 6.15. The molecule has 3 heteroatoms. The number of halogens is 1. The maximum atomic E-state index is 10.5. The van der Waals surface area contributed by atoms with Crippen molar-refractivity contribution >= 4 is 27.9 Å². The third-order valence-corrected chi connectivity index (χ3v) is 1.96. The number of carbonyl (C=O) groups is 1. The third-order valence-electron chi connectivity index (χ3n) is 1.50. The number of aldehydes is 1. The number of aryl methyl sites for hydroxylation is 1. The van der Waals surface area contributed by atoms with Crippen molar-refractivity contribution in [2.24, 2.45) is 0 Å². The quantitative estimate of drug-likeness (QED) is 0.609. The fourth-order valence-electron chi connectivity index (χ4n) is 0.941. The number of hydrogen-bond acceptors (Lipinski definition) is 2. The van der Waals surface area contributed by atoms with Gasteiger partial charge in [-0.2, -0.15) is 0 Å². The van der Waals surface area contributed by atoms with Crippen molar-refractivity contribution in [1.29, 1.82) is 0 Å². The van der Waals surface area contributed by atoms with Crippen LogP contribution in [0.1, 0.15) is 29.8 Å². The summed E-state index contributed by atoms with van der Waals surface area (Å²) in [5.41, 5.74) is 7.56. The van der Waals surface area contributed by atoms with Crippen LogP contribution in [0.3, 0.4) is 0 Å². The summed E-state index contributed by atoms with van der Waals surface area (Å²) in [5, 5.41) is 0. The van der Waals surface area contributed by atoms with Crippen LogP contribution in [0.5, 0.6) is 0 Å². The predicted octanol–water partition coefficient (Wildman–Crippen LogP) is 3.18. The highest BCUT2D eigenvalue weighted by Crippen LogP contribution is 2.20.